The first-order valence-corrected chi connectivity index (χ1v) is 6.51. The first-order valence-electron chi connectivity index (χ1n) is 4.02. The fourth-order valence-electron chi connectivity index (χ4n) is 1.14. The summed E-state index contributed by atoms with van der Waals surface area (Å²) in [7, 11) is 0. The molecule has 0 aliphatic rings. The maximum absolute atomic E-state index is 11.9. The van der Waals surface area contributed by atoms with Crippen LogP contribution < -0.4 is 0 Å². The van der Waals surface area contributed by atoms with Crippen molar-refractivity contribution >= 4 is 44.4 Å². The molecule has 0 N–H and O–H groups in total. The van der Waals surface area contributed by atoms with Crippen molar-refractivity contribution in [2.75, 3.05) is 0 Å². The van der Waals surface area contributed by atoms with Crippen LogP contribution in [0.3, 0.4) is 0 Å². The molecule has 0 saturated heterocycles. The minimum absolute atomic E-state index is 0.116. The van der Waals surface area contributed by atoms with Gasteiger partial charge in [-0.05, 0) is 41.1 Å². The number of carbonyl (C=O) groups excluding carboxylic acids is 1. The van der Waals surface area contributed by atoms with Crippen molar-refractivity contribution in [1.82, 2.24) is 0 Å². The molecule has 2 aromatic rings. The second-order valence-electron chi connectivity index (χ2n) is 2.88. The summed E-state index contributed by atoms with van der Waals surface area (Å²) in [4.78, 5) is 13.8. The monoisotopic (exact) mass is 286 g/mol. The van der Waals surface area contributed by atoms with Crippen molar-refractivity contribution < 1.29 is 4.79 Å². The van der Waals surface area contributed by atoms with E-state index in [2.05, 4.69) is 15.9 Å². The van der Waals surface area contributed by atoms with Crippen LogP contribution in [-0.2, 0) is 0 Å². The third-order valence-corrected chi connectivity index (χ3v) is 4.27. The zero-order valence-electron chi connectivity index (χ0n) is 7.41. The molecule has 0 aromatic carbocycles. The third-order valence-electron chi connectivity index (χ3n) is 1.79. The SMILES string of the molecule is Cc1cc(C(=O)c2ccc(Br)s2)cs1. The maximum Gasteiger partial charge on any atom is 0.203 e. The zero-order chi connectivity index (χ0) is 10.1. The summed E-state index contributed by atoms with van der Waals surface area (Å²) in [5.41, 5.74) is 0.793. The Morgan fingerprint density at radius 2 is 2.21 bits per heavy atom. The molecular formula is C10H7BrOS2. The molecule has 1 nitrogen and oxygen atoms in total. The average Bonchev–Trinajstić information content (AvgIpc) is 2.73. The van der Waals surface area contributed by atoms with E-state index in [0.29, 0.717) is 0 Å². The van der Waals surface area contributed by atoms with Crippen LogP contribution in [0.25, 0.3) is 0 Å². The largest absolute Gasteiger partial charge is 0.288 e. The average molecular weight is 287 g/mol. The zero-order valence-corrected chi connectivity index (χ0v) is 10.6. The Bertz CT molecular complexity index is 428. The van der Waals surface area contributed by atoms with Gasteiger partial charge in [-0.3, -0.25) is 4.79 Å². The first-order chi connectivity index (χ1) is 6.66. The minimum atomic E-state index is 0.116. The Kier molecular flexibility index (Phi) is 2.85. The normalized spacial score (nSPS) is 10.4. The standard InChI is InChI=1S/C10H7BrOS2/c1-6-4-7(5-13-6)10(12)8-2-3-9(11)14-8/h2-5H,1H3. The van der Waals surface area contributed by atoms with E-state index in [4.69, 9.17) is 0 Å². The summed E-state index contributed by atoms with van der Waals surface area (Å²) in [6.07, 6.45) is 0. The molecule has 0 radical (unpaired) electrons. The van der Waals surface area contributed by atoms with Crippen molar-refractivity contribution in [1.29, 1.82) is 0 Å². The molecule has 2 heterocycles. The van der Waals surface area contributed by atoms with Crippen molar-refractivity contribution in [3.63, 3.8) is 0 Å². The van der Waals surface area contributed by atoms with E-state index >= 15 is 0 Å². The predicted octanol–water partition coefficient (Wildman–Crippen LogP) is 4.11. The summed E-state index contributed by atoms with van der Waals surface area (Å²) in [6, 6.07) is 5.68. The fraction of sp³-hybridized carbons (Fsp3) is 0.100. The highest BCUT2D eigenvalue weighted by atomic mass is 79.9. The summed E-state index contributed by atoms with van der Waals surface area (Å²) in [5.74, 6) is 0.116. The molecule has 0 fully saturated rings. The number of carbonyl (C=O) groups is 1. The second-order valence-corrected chi connectivity index (χ2v) is 6.46. The van der Waals surface area contributed by atoms with Gasteiger partial charge in [-0.25, -0.2) is 0 Å². The van der Waals surface area contributed by atoms with Gasteiger partial charge in [0.05, 0.1) is 8.66 Å². The molecule has 0 aliphatic carbocycles. The molecule has 0 bridgehead atoms. The number of rotatable bonds is 2. The van der Waals surface area contributed by atoms with Gasteiger partial charge in [0.1, 0.15) is 0 Å². The summed E-state index contributed by atoms with van der Waals surface area (Å²) in [5, 5.41) is 1.91. The Balaban J connectivity index is 2.33. The molecule has 4 heteroatoms. The highest BCUT2D eigenvalue weighted by Gasteiger charge is 2.12. The van der Waals surface area contributed by atoms with E-state index in [0.717, 1.165) is 14.2 Å². The molecule has 0 saturated carbocycles. The van der Waals surface area contributed by atoms with Gasteiger partial charge in [-0.15, -0.1) is 22.7 Å². The van der Waals surface area contributed by atoms with Crippen LogP contribution in [0, 0.1) is 6.92 Å². The van der Waals surface area contributed by atoms with Gasteiger partial charge in [0.2, 0.25) is 5.78 Å². The van der Waals surface area contributed by atoms with E-state index in [1.165, 1.54) is 16.2 Å². The number of halogens is 1. The molecule has 2 aromatic heterocycles. The lowest BCUT2D eigenvalue weighted by Gasteiger charge is -1.91. The predicted molar refractivity (Wildman–Crippen MR) is 64.5 cm³/mol. The number of aryl methyl sites for hydroxylation is 1. The van der Waals surface area contributed by atoms with Crippen molar-refractivity contribution in [3.05, 3.63) is 42.7 Å². The van der Waals surface area contributed by atoms with Gasteiger partial charge in [-0.2, -0.15) is 0 Å². The lowest BCUT2D eigenvalue weighted by Crippen LogP contribution is -1.95. The molecule has 0 aliphatic heterocycles. The Morgan fingerprint density at radius 1 is 1.43 bits per heavy atom. The highest BCUT2D eigenvalue weighted by Crippen LogP contribution is 2.25. The van der Waals surface area contributed by atoms with Crippen LogP contribution in [0.4, 0.5) is 0 Å². The smallest absolute Gasteiger partial charge is 0.203 e. The van der Waals surface area contributed by atoms with Crippen LogP contribution in [0.1, 0.15) is 20.1 Å². The van der Waals surface area contributed by atoms with Gasteiger partial charge in [0, 0.05) is 15.8 Å². The quantitative estimate of drug-likeness (QED) is 0.760. The molecule has 0 atom stereocenters. The van der Waals surface area contributed by atoms with E-state index in [1.807, 2.05) is 30.5 Å². The number of hydrogen-bond donors (Lipinski definition) is 0. The van der Waals surface area contributed by atoms with Gasteiger partial charge >= 0.3 is 0 Å². The van der Waals surface area contributed by atoms with Crippen molar-refractivity contribution in [2.45, 2.75) is 6.92 Å². The molecule has 0 spiro atoms. The van der Waals surface area contributed by atoms with Crippen LogP contribution in [0.15, 0.2) is 27.4 Å². The Hall–Kier alpha value is -0.450. The number of ketones is 1. The van der Waals surface area contributed by atoms with Crippen molar-refractivity contribution in [3.8, 4) is 0 Å². The van der Waals surface area contributed by atoms with Gasteiger partial charge in [0.25, 0.3) is 0 Å². The maximum atomic E-state index is 11.9. The number of thiophene rings is 2. The summed E-state index contributed by atoms with van der Waals surface area (Å²) < 4.78 is 0.993. The molecular weight excluding hydrogens is 280 g/mol. The fourth-order valence-corrected chi connectivity index (χ4v) is 3.17. The second kappa shape index (κ2) is 3.96. The van der Waals surface area contributed by atoms with Crippen molar-refractivity contribution in [2.24, 2.45) is 0 Å². The topological polar surface area (TPSA) is 17.1 Å². The Morgan fingerprint density at radius 3 is 2.71 bits per heavy atom. The third kappa shape index (κ3) is 1.97. The molecule has 0 amide bonds. The summed E-state index contributed by atoms with van der Waals surface area (Å²) in [6.45, 7) is 2.01. The summed E-state index contributed by atoms with van der Waals surface area (Å²) >= 11 is 6.43. The number of hydrogen-bond acceptors (Lipinski definition) is 3. The molecule has 72 valence electrons. The van der Waals surface area contributed by atoms with Crippen LogP contribution in [-0.4, -0.2) is 5.78 Å². The van der Waals surface area contributed by atoms with E-state index in [1.54, 1.807) is 11.3 Å². The van der Waals surface area contributed by atoms with Gasteiger partial charge < -0.3 is 0 Å². The van der Waals surface area contributed by atoms with Gasteiger partial charge in [-0.1, -0.05) is 0 Å². The molecule has 2 rings (SSSR count). The van der Waals surface area contributed by atoms with Crippen LogP contribution >= 0.6 is 38.6 Å². The van der Waals surface area contributed by atoms with E-state index < -0.39 is 0 Å². The Labute approximate surface area is 98.5 Å². The highest BCUT2D eigenvalue weighted by molar-refractivity contribution is 9.11. The lowest BCUT2D eigenvalue weighted by molar-refractivity contribution is 0.104. The molecule has 0 unspecified atom stereocenters. The van der Waals surface area contributed by atoms with E-state index in [9.17, 15) is 4.79 Å². The lowest BCUT2D eigenvalue weighted by atomic mass is 10.2. The van der Waals surface area contributed by atoms with Crippen LogP contribution in [0.2, 0.25) is 0 Å². The first kappa shape index (κ1) is 10.1. The van der Waals surface area contributed by atoms with E-state index in [-0.39, 0.29) is 5.78 Å². The minimum Gasteiger partial charge on any atom is -0.288 e. The van der Waals surface area contributed by atoms with Crippen LogP contribution in [0.5, 0.6) is 0 Å². The molecule has 14 heavy (non-hydrogen) atoms. The van der Waals surface area contributed by atoms with Gasteiger partial charge in [0.15, 0.2) is 0 Å².